The van der Waals surface area contributed by atoms with Crippen molar-refractivity contribution in [1.29, 1.82) is 0 Å². The number of hydrogen-bond acceptors (Lipinski definition) is 5. The van der Waals surface area contributed by atoms with E-state index in [4.69, 9.17) is 9.47 Å². The molecule has 1 fully saturated rings. The van der Waals surface area contributed by atoms with Gasteiger partial charge in [-0.25, -0.2) is 4.79 Å². The number of alkyl carbamates (subject to hydrolysis) is 1. The Hall–Kier alpha value is -3.55. The molecular formula is C28H37N3O5. The number of rotatable bonds is 8. The Balaban J connectivity index is 1.93. The minimum absolute atomic E-state index is 0.0900. The van der Waals surface area contributed by atoms with Crippen molar-refractivity contribution in [2.24, 2.45) is 0 Å². The minimum atomic E-state index is -0.873. The number of methoxy groups -OCH3 is 1. The Kier molecular flexibility index (Phi) is 8.28. The van der Waals surface area contributed by atoms with E-state index in [1.165, 1.54) is 0 Å². The number of carbonyl (C=O) groups is 3. The topological polar surface area (TPSA) is 97.0 Å². The van der Waals surface area contributed by atoms with E-state index in [2.05, 4.69) is 10.6 Å². The van der Waals surface area contributed by atoms with Crippen molar-refractivity contribution in [1.82, 2.24) is 10.2 Å². The van der Waals surface area contributed by atoms with Crippen LogP contribution in [-0.4, -0.2) is 47.6 Å². The first kappa shape index (κ1) is 27.0. The van der Waals surface area contributed by atoms with Crippen molar-refractivity contribution < 1.29 is 23.9 Å². The molecule has 0 spiro atoms. The highest BCUT2D eigenvalue weighted by Crippen LogP contribution is 2.36. The third kappa shape index (κ3) is 7.23. The Bertz CT molecular complexity index is 1080. The molecule has 1 aliphatic rings. The Morgan fingerprint density at radius 3 is 2.08 bits per heavy atom. The van der Waals surface area contributed by atoms with Crippen LogP contribution in [0.1, 0.15) is 63.3 Å². The highest BCUT2D eigenvalue weighted by Gasteiger charge is 2.43. The van der Waals surface area contributed by atoms with Gasteiger partial charge in [0.2, 0.25) is 5.91 Å². The first-order valence-electron chi connectivity index (χ1n) is 12.2. The molecule has 2 aromatic rings. The van der Waals surface area contributed by atoms with E-state index in [0.29, 0.717) is 11.4 Å². The Labute approximate surface area is 213 Å². The molecule has 3 amide bonds. The number of nitrogens with one attached hydrogen (secondary N) is 2. The molecule has 8 nitrogen and oxygen atoms in total. The molecule has 8 heteroatoms. The molecule has 36 heavy (non-hydrogen) atoms. The largest absolute Gasteiger partial charge is 0.497 e. The number of carbonyl (C=O) groups excluding carboxylic acids is 3. The van der Waals surface area contributed by atoms with Crippen LogP contribution in [0, 0.1) is 13.8 Å². The zero-order valence-corrected chi connectivity index (χ0v) is 22.2. The zero-order valence-electron chi connectivity index (χ0n) is 22.2. The van der Waals surface area contributed by atoms with Gasteiger partial charge >= 0.3 is 6.09 Å². The summed E-state index contributed by atoms with van der Waals surface area (Å²) in [6, 6.07) is 11.1. The van der Waals surface area contributed by atoms with Crippen LogP contribution in [0.4, 0.5) is 10.5 Å². The number of ether oxygens (including phenoxy) is 2. The lowest BCUT2D eigenvalue weighted by molar-refractivity contribution is -0.141. The summed E-state index contributed by atoms with van der Waals surface area (Å²) in [5.41, 5.74) is 2.62. The van der Waals surface area contributed by atoms with E-state index in [1.807, 2.05) is 32.0 Å². The second-order valence-corrected chi connectivity index (χ2v) is 10.4. The maximum absolute atomic E-state index is 13.8. The van der Waals surface area contributed by atoms with Gasteiger partial charge in [-0.2, -0.15) is 0 Å². The number of amides is 3. The lowest BCUT2D eigenvalue weighted by Crippen LogP contribution is -2.52. The summed E-state index contributed by atoms with van der Waals surface area (Å²) >= 11 is 0. The zero-order chi connectivity index (χ0) is 26.6. The molecule has 0 bridgehead atoms. The van der Waals surface area contributed by atoms with Crippen LogP contribution in [0.3, 0.4) is 0 Å². The number of aryl methyl sites for hydroxylation is 2. The van der Waals surface area contributed by atoms with E-state index >= 15 is 0 Å². The number of benzene rings is 2. The fourth-order valence-electron chi connectivity index (χ4n) is 4.13. The molecule has 2 N–H and O–H groups in total. The Morgan fingerprint density at radius 2 is 1.58 bits per heavy atom. The van der Waals surface area contributed by atoms with Crippen molar-refractivity contribution in [3.05, 3.63) is 59.2 Å². The molecule has 1 aliphatic carbocycles. The average molecular weight is 496 g/mol. The smallest absolute Gasteiger partial charge is 0.408 e. The predicted octanol–water partition coefficient (Wildman–Crippen LogP) is 4.90. The second-order valence-electron chi connectivity index (χ2n) is 10.4. The summed E-state index contributed by atoms with van der Waals surface area (Å²) in [6.45, 7) is 10.8. The van der Waals surface area contributed by atoms with E-state index in [0.717, 1.165) is 29.5 Å². The third-order valence-corrected chi connectivity index (χ3v) is 5.74. The fraction of sp³-hybridized carbons (Fsp3) is 0.464. The van der Waals surface area contributed by atoms with Gasteiger partial charge in [0.1, 0.15) is 23.4 Å². The summed E-state index contributed by atoms with van der Waals surface area (Å²) in [6.07, 6.45) is 0.911. The lowest BCUT2D eigenvalue weighted by atomic mass is 9.98. The number of nitrogens with zero attached hydrogens (tertiary/aromatic N) is 1. The average Bonchev–Trinajstić information content (AvgIpc) is 3.60. The highest BCUT2D eigenvalue weighted by atomic mass is 16.6. The standard InChI is InChI=1S/C28H37N3O5/c1-17-14-18(2)16-20(15-17)24(25(32)30-21-8-12-23(35-7)13-9-21)31(22-10-11-22)26(33)19(3)29-27(34)36-28(4,5)6/h8-9,12-16,19,22,24H,10-11H2,1-7H3,(H,29,34)(H,30,32). The van der Waals surface area contributed by atoms with E-state index in [1.54, 1.807) is 64.0 Å². The van der Waals surface area contributed by atoms with Crippen LogP contribution in [0.25, 0.3) is 0 Å². The van der Waals surface area contributed by atoms with Gasteiger partial charge in [-0.05, 0) is 84.2 Å². The van der Waals surface area contributed by atoms with Crippen molar-refractivity contribution in [3.8, 4) is 5.75 Å². The van der Waals surface area contributed by atoms with E-state index < -0.39 is 23.8 Å². The molecule has 2 unspecified atom stereocenters. The number of hydrogen-bond donors (Lipinski definition) is 2. The summed E-state index contributed by atoms with van der Waals surface area (Å²) in [5, 5.41) is 5.59. The lowest BCUT2D eigenvalue weighted by Gasteiger charge is -2.34. The van der Waals surface area contributed by atoms with Crippen LogP contribution in [0.5, 0.6) is 5.75 Å². The molecule has 194 valence electrons. The van der Waals surface area contributed by atoms with Gasteiger partial charge in [0, 0.05) is 11.7 Å². The van der Waals surface area contributed by atoms with Gasteiger partial charge in [0.05, 0.1) is 7.11 Å². The van der Waals surface area contributed by atoms with Gasteiger partial charge in [-0.3, -0.25) is 9.59 Å². The van der Waals surface area contributed by atoms with Crippen LogP contribution in [-0.2, 0) is 14.3 Å². The Morgan fingerprint density at radius 1 is 1.00 bits per heavy atom. The predicted molar refractivity (Wildman–Crippen MR) is 139 cm³/mol. The quantitative estimate of drug-likeness (QED) is 0.543. The molecule has 3 rings (SSSR count). The molecule has 0 saturated heterocycles. The van der Waals surface area contributed by atoms with Gasteiger partial charge in [-0.1, -0.05) is 29.3 Å². The van der Waals surface area contributed by atoms with E-state index in [9.17, 15) is 14.4 Å². The number of anilines is 1. The summed E-state index contributed by atoms with van der Waals surface area (Å²) in [7, 11) is 1.58. The first-order chi connectivity index (χ1) is 16.9. The van der Waals surface area contributed by atoms with Gasteiger partial charge in [-0.15, -0.1) is 0 Å². The van der Waals surface area contributed by atoms with Crippen molar-refractivity contribution in [2.75, 3.05) is 12.4 Å². The summed E-state index contributed by atoms with van der Waals surface area (Å²) in [4.78, 5) is 41.4. The minimum Gasteiger partial charge on any atom is -0.497 e. The molecule has 1 saturated carbocycles. The molecule has 0 radical (unpaired) electrons. The molecule has 2 aromatic carbocycles. The maximum atomic E-state index is 13.8. The highest BCUT2D eigenvalue weighted by molar-refractivity contribution is 5.99. The molecule has 0 aromatic heterocycles. The molecule has 0 aliphatic heterocycles. The maximum Gasteiger partial charge on any atom is 0.408 e. The van der Waals surface area contributed by atoms with Crippen LogP contribution >= 0.6 is 0 Å². The van der Waals surface area contributed by atoms with E-state index in [-0.39, 0.29) is 17.9 Å². The first-order valence-corrected chi connectivity index (χ1v) is 12.2. The van der Waals surface area contributed by atoms with Gasteiger partial charge in [0.25, 0.3) is 5.91 Å². The van der Waals surface area contributed by atoms with Crippen molar-refractivity contribution in [3.63, 3.8) is 0 Å². The summed E-state index contributed by atoms with van der Waals surface area (Å²) < 4.78 is 10.5. The van der Waals surface area contributed by atoms with Crippen LogP contribution in [0.15, 0.2) is 42.5 Å². The monoisotopic (exact) mass is 495 g/mol. The summed E-state index contributed by atoms with van der Waals surface area (Å²) in [5.74, 6) is 0.0166. The van der Waals surface area contributed by atoms with Gasteiger partial charge in [0.15, 0.2) is 0 Å². The third-order valence-electron chi connectivity index (χ3n) is 5.74. The molecule has 2 atom stereocenters. The van der Waals surface area contributed by atoms with Crippen molar-refractivity contribution in [2.45, 2.75) is 78.1 Å². The second kappa shape index (κ2) is 11.0. The molecular weight excluding hydrogens is 458 g/mol. The van der Waals surface area contributed by atoms with Crippen LogP contribution < -0.4 is 15.4 Å². The molecule has 0 heterocycles. The normalized spacial score (nSPS) is 14.9. The van der Waals surface area contributed by atoms with Crippen LogP contribution in [0.2, 0.25) is 0 Å². The fourth-order valence-corrected chi connectivity index (χ4v) is 4.13. The SMILES string of the molecule is COc1ccc(NC(=O)C(c2cc(C)cc(C)c2)N(C(=O)C(C)NC(=O)OC(C)(C)C)C2CC2)cc1. The van der Waals surface area contributed by atoms with Gasteiger partial charge < -0.3 is 25.0 Å². The van der Waals surface area contributed by atoms with Crippen molar-refractivity contribution >= 4 is 23.6 Å².